The lowest BCUT2D eigenvalue weighted by atomic mass is 10.2. The van der Waals surface area contributed by atoms with Crippen LogP contribution in [0.5, 0.6) is 0 Å². The number of aryl methyl sites for hydroxylation is 1. The molecule has 1 N–H and O–H groups in total. The van der Waals surface area contributed by atoms with Crippen LogP contribution in [-0.4, -0.2) is 9.97 Å². The molecule has 0 spiro atoms. The van der Waals surface area contributed by atoms with E-state index in [4.69, 9.17) is 4.42 Å². The molecule has 0 fully saturated rings. The number of furan rings is 1. The molecule has 7 heteroatoms. The Kier molecular flexibility index (Phi) is 4.65. The zero-order chi connectivity index (χ0) is 13.3. The number of hydrogen-bond donors (Lipinski definition) is 1. The van der Waals surface area contributed by atoms with Crippen molar-refractivity contribution in [3.05, 3.63) is 34.8 Å². The highest BCUT2D eigenvalue weighted by Gasteiger charge is 2.14. The van der Waals surface area contributed by atoms with Gasteiger partial charge in [-0.05, 0) is 60.9 Å². The Morgan fingerprint density at radius 2 is 2.22 bits per heavy atom. The van der Waals surface area contributed by atoms with E-state index in [-0.39, 0.29) is 5.56 Å². The number of hydrogen-bond acceptors (Lipinski definition) is 3. The van der Waals surface area contributed by atoms with Crippen molar-refractivity contribution in [2.24, 2.45) is 0 Å². The number of nitrogens with one attached hydrogen (secondary N) is 1. The number of aromatic nitrogens is 2. The second kappa shape index (κ2) is 5.87. The zero-order valence-corrected chi connectivity index (χ0v) is 14.7. The molecule has 0 unspecified atom stereocenters. The fraction of sp³-hybridized carbons (Fsp3) is 0.273. The number of nitrogens with zero attached hydrogens (tertiary/aromatic N) is 1. The summed E-state index contributed by atoms with van der Waals surface area (Å²) in [5.74, 6) is 0.981. The molecule has 4 nitrogen and oxygen atoms in total. The topological polar surface area (TPSA) is 58.9 Å². The van der Waals surface area contributed by atoms with Gasteiger partial charge in [-0.3, -0.25) is 4.79 Å². The molecule has 0 aliphatic carbocycles. The van der Waals surface area contributed by atoms with Crippen LogP contribution in [0.15, 0.2) is 24.4 Å². The van der Waals surface area contributed by atoms with Gasteiger partial charge in [-0.1, -0.05) is 13.3 Å². The van der Waals surface area contributed by atoms with E-state index in [2.05, 4.69) is 48.8 Å². The molecule has 18 heavy (non-hydrogen) atoms. The molecule has 2 rings (SSSR count). The summed E-state index contributed by atoms with van der Waals surface area (Å²) in [5.41, 5.74) is 0.674. The Balaban J connectivity index is 2.55. The van der Waals surface area contributed by atoms with Crippen LogP contribution in [0.4, 0.5) is 0 Å². The number of H-pyrrole nitrogens is 1. The van der Waals surface area contributed by atoms with Gasteiger partial charge in [0.2, 0.25) is 0 Å². The fourth-order valence-electron chi connectivity index (χ4n) is 1.49. The van der Waals surface area contributed by atoms with Crippen LogP contribution < -0.4 is 5.56 Å². The standard InChI is InChI=1S/C11H9Br2IN2O2/c1-2-3-6-8(14)11(17)16-10(15-6)7-4-5(12)9(13)18-7/h4H,2-3H2,1H3,(H,15,16,17). The minimum absolute atomic E-state index is 0.132. The van der Waals surface area contributed by atoms with Crippen LogP contribution in [0.1, 0.15) is 19.0 Å². The molecule has 0 saturated heterocycles. The molecule has 96 valence electrons. The summed E-state index contributed by atoms with van der Waals surface area (Å²) in [4.78, 5) is 19.0. The molecule has 0 amide bonds. The van der Waals surface area contributed by atoms with Crippen molar-refractivity contribution in [1.82, 2.24) is 9.97 Å². The van der Waals surface area contributed by atoms with E-state index in [9.17, 15) is 4.79 Å². The van der Waals surface area contributed by atoms with Gasteiger partial charge in [0.05, 0.1) is 13.7 Å². The summed E-state index contributed by atoms with van der Waals surface area (Å²) in [7, 11) is 0. The molecular weight excluding hydrogens is 479 g/mol. The quantitative estimate of drug-likeness (QED) is 0.663. The van der Waals surface area contributed by atoms with Gasteiger partial charge in [0.15, 0.2) is 16.3 Å². The largest absolute Gasteiger partial charge is 0.445 e. The smallest absolute Gasteiger partial charge is 0.264 e. The van der Waals surface area contributed by atoms with Crippen molar-refractivity contribution >= 4 is 54.5 Å². The van der Waals surface area contributed by atoms with E-state index in [1.54, 1.807) is 6.07 Å². The Morgan fingerprint density at radius 3 is 2.78 bits per heavy atom. The third-order valence-electron chi connectivity index (χ3n) is 2.30. The summed E-state index contributed by atoms with van der Waals surface area (Å²) < 4.78 is 7.47. The van der Waals surface area contributed by atoms with Gasteiger partial charge >= 0.3 is 0 Å². The highest BCUT2D eigenvalue weighted by molar-refractivity contribution is 14.1. The SMILES string of the molecule is CCCc1nc(-c2cc(Br)c(Br)o2)[nH]c(=O)c1I. The molecule has 0 bridgehead atoms. The highest BCUT2D eigenvalue weighted by atomic mass is 127. The maximum Gasteiger partial charge on any atom is 0.264 e. The Hall–Kier alpha value is -0.150. The Bertz CT molecular complexity index is 617. The molecule has 0 aromatic carbocycles. The maximum absolute atomic E-state index is 11.8. The van der Waals surface area contributed by atoms with Crippen molar-refractivity contribution in [2.45, 2.75) is 19.8 Å². The second-order valence-corrected chi connectivity index (χ2v) is 6.31. The third kappa shape index (κ3) is 2.88. The van der Waals surface area contributed by atoms with Crippen molar-refractivity contribution in [2.75, 3.05) is 0 Å². The first-order valence-corrected chi connectivity index (χ1v) is 7.93. The summed E-state index contributed by atoms with van der Waals surface area (Å²) in [6.45, 7) is 2.05. The van der Waals surface area contributed by atoms with Crippen LogP contribution in [0, 0.1) is 3.57 Å². The van der Waals surface area contributed by atoms with E-state index in [0.717, 1.165) is 23.0 Å². The average Bonchev–Trinajstić information content (AvgIpc) is 2.65. The van der Waals surface area contributed by atoms with Crippen LogP contribution in [0.3, 0.4) is 0 Å². The van der Waals surface area contributed by atoms with E-state index in [1.807, 2.05) is 22.6 Å². The van der Waals surface area contributed by atoms with E-state index in [1.165, 1.54) is 0 Å². The minimum Gasteiger partial charge on any atom is -0.445 e. The van der Waals surface area contributed by atoms with Crippen molar-refractivity contribution < 1.29 is 4.42 Å². The molecule has 2 aromatic rings. The first kappa shape index (κ1) is 14.3. The van der Waals surface area contributed by atoms with Gasteiger partial charge in [0.25, 0.3) is 5.56 Å². The molecule has 2 heterocycles. The molecule has 2 aromatic heterocycles. The van der Waals surface area contributed by atoms with Crippen LogP contribution in [0.25, 0.3) is 11.6 Å². The lowest BCUT2D eigenvalue weighted by molar-refractivity contribution is 0.548. The average molecular weight is 488 g/mol. The summed E-state index contributed by atoms with van der Waals surface area (Å²) in [6, 6.07) is 1.77. The third-order valence-corrected chi connectivity index (χ3v) is 5.12. The highest BCUT2D eigenvalue weighted by Crippen LogP contribution is 2.31. The van der Waals surface area contributed by atoms with E-state index in [0.29, 0.717) is 19.8 Å². The molecular formula is C11H9Br2IN2O2. The molecule has 0 aliphatic heterocycles. The summed E-state index contributed by atoms with van der Waals surface area (Å²) in [5, 5.41) is 0. The predicted molar refractivity (Wildman–Crippen MR) is 84.7 cm³/mol. The molecule has 0 atom stereocenters. The van der Waals surface area contributed by atoms with E-state index >= 15 is 0 Å². The van der Waals surface area contributed by atoms with Crippen molar-refractivity contribution in [3.63, 3.8) is 0 Å². The van der Waals surface area contributed by atoms with Gasteiger partial charge in [0, 0.05) is 6.07 Å². The van der Waals surface area contributed by atoms with E-state index < -0.39 is 0 Å². The van der Waals surface area contributed by atoms with Crippen molar-refractivity contribution in [1.29, 1.82) is 0 Å². The van der Waals surface area contributed by atoms with Gasteiger partial charge in [-0.2, -0.15) is 0 Å². The Labute approximate surface area is 134 Å². The summed E-state index contributed by atoms with van der Waals surface area (Å²) in [6.07, 6.45) is 1.72. The van der Waals surface area contributed by atoms with Gasteiger partial charge in [0.1, 0.15) is 0 Å². The van der Waals surface area contributed by atoms with Gasteiger partial charge in [-0.25, -0.2) is 4.98 Å². The lowest BCUT2D eigenvalue weighted by Crippen LogP contribution is -2.16. The normalized spacial score (nSPS) is 10.9. The number of rotatable bonds is 3. The van der Waals surface area contributed by atoms with Crippen LogP contribution >= 0.6 is 54.5 Å². The lowest BCUT2D eigenvalue weighted by Gasteiger charge is -2.03. The van der Waals surface area contributed by atoms with Crippen LogP contribution in [0.2, 0.25) is 0 Å². The van der Waals surface area contributed by atoms with Crippen molar-refractivity contribution in [3.8, 4) is 11.6 Å². The minimum atomic E-state index is -0.132. The van der Waals surface area contributed by atoms with Gasteiger partial charge < -0.3 is 9.40 Å². The first-order valence-electron chi connectivity index (χ1n) is 5.26. The predicted octanol–water partition coefficient (Wildman–Crippen LogP) is 4.11. The molecule has 0 radical (unpaired) electrons. The first-order chi connectivity index (χ1) is 8.52. The van der Waals surface area contributed by atoms with Crippen LogP contribution in [-0.2, 0) is 6.42 Å². The molecule has 0 saturated carbocycles. The fourth-order valence-corrected chi connectivity index (χ4v) is 2.59. The van der Waals surface area contributed by atoms with Gasteiger partial charge in [-0.15, -0.1) is 0 Å². The number of aromatic amines is 1. The molecule has 0 aliphatic rings. The maximum atomic E-state index is 11.8. The number of halogens is 3. The zero-order valence-electron chi connectivity index (χ0n) is 9.39. The second-order valence-electron chi connectivity index (χ2n) is 3.66. The monoisotopic (exact) mass is 486 g/mol. The summed E-state index contributed by atoms with van der Waals surface area (Å²) >= 11 is 8.62. The Morgan fingerprint density at radius 1 is 1.50 bits per heavy atom.